The van der Waals surface area contributed by atoms with Crippen LogP contribution >= 0.6 is 0 Å². The van der Waals surface area contributed by atoms with Gasteiger partial charge in [0.15, 0.2) is 0 Å². The van der Waals surface area contributed by atoms with Crippen molar-refractivity contribution in [2.75, 3.05) is 39.3 Å². The Hall–Kier alpha value is -1.39. The molecule has 1 unspecified atom stereocenters. The maximum atomic E-state index is 12.2. The molecule has 2 rings (SSSR count). The van der Waals surface area contributed by atoms with Crippen LogP contribution in [-0.4, -0.2) is 55.0 Å². The van der Waals surface area contributed by atoms with Crippen molar-refractivity contribution < 1.29 is 4.79 Å². The van der Waals surface area contributed by atoms with E-state index >= 15 is 0 Å². The van der Waals surface area contributed by atoms with Crippen LogP contribution < -0.4 is 5.32 Å². The largest absolute Gasteiger partial charge is 0.354 e. The summed E-state index contributed by atoms with van der Waals surface area (Å²) in [5.74, 6) is 0.116. The molecule has 0 aliphatic carbocycles. The quantitative estimate of drug-likeness (QED) is 0.906. The van der Waals surface area contributed by atoms with Gasteiger partial charge in [-0.25, -0.2) is 0 Å². The van der Waals surface area contributed by atoms with Crippen LogP contribution in [0, 0.1) is 5.41 Å². The molecule has 0 spiro atoms. The first-order valence-electron chi connectivity index (χ1n) is 8.71. The molecule has 4 heteroatoms. The monoisotopic (exact) mass is 317 g/mol. The van der Waals surface area contributed by atoms with Gasteiger partial charge in [0.25, 0.3) is 0 Å². The van der Waals surface area contributed by atoms with Gasteiger partial charge in [-0.05, 0) is 12.1 Å². The Labute approximate surface area is 140 Å². The molecule has 1 aromatic carbocycles. The Balaban J connectivity index is 2.06. The van der Waals surface area contributed by atoms with E-state index in [1.165, 1.54) is 5.56 Å². The molecule has 1 aliphatic rings. The Morgan fingerprint density at radius 3 is 2.26 bits per heavy atom. The smallest absolute Gasteiger partial charge is 0.225 e. The van der Waals surface area contributed by atoms with Gasteiger partial charge in [-0.1, -0.05) is 58.0 Å². The Morgan fingerprint density at radius 1 is 1.13 bits per heavy atom. The summed E-state index contributed by atoms with van der Waals surface area (Å²) in [5, 5.41) is 3.15. The van der Waals surface area contributed by atoms with Crippen molar-refractivity contribution in [1.29, 1.82) is 0 Å². The summed E-state index contributed by atoms with van der Waals surface area (Å²) in [5.41, 5.74) is 0.939. The third kappa shape index (κ3) is 5.05. The third-order valence-electron chi connectivity index (χ3n) is 4.62. The molecule has 1 aromatic rings. The van der Waals surface area contributed by atoms with Crippen molar-refractivity contribution in [3.05, 3.63) is 35.9 Å². The van der Waals surface area contributed by atoms with Gasteiger partial charge in [0.05, 0.1) is 6.04 Å². The lowest BCUT2D eigenvalue weighted by Crippen LogP contribution is -2.50. The van der Waals surface area contributed by atoms with Crippen LogP contribution in [0.5, 0.6) is 0 Å². The van der Waals surface area contributed by atoms with E-state index in [0.29, 0.717) is 6.54 Å². The molecule has 0 saturated carbocycles. The fourth-order valence-electron chi connectivity index (χ4n) is 2.98. The normalized spacial score (nSPS) is 18.6. The highest BCUT2D eigenvalue weighted by atomic mass is 16.2. The molecule has 1 N–H and O–H groups in total. The van der Waals surface area contributed by atoms with E-state index in [-0.39, 0.29) is 17.4 Å². The van der Waals surface area contributed by atoms with Gasteiger partial charge in [-0.2, -0.15) is 0 Å². The number of likely N-dealkylation sites (N-methyl/N-ethyl adjacent to an activating group) is 1. The second-order valence-corrected chi connectivity index (χ2v) is 7.36. The standard InChI is InChI=1S/C19H31N3O/c1-5-21-11-13-22(14-12-21)17(16-9-7-6-8-10-16)15-20-18(23)19(2,3)4/h6-10,17H,5,11-15H2,1-4H3,(H,20,23). The van der Waals surface area contributed by atoms with Gasteiger partial charge >= 0.3 is 0 Å². The number of carbonyl (C=O) groups is 1. The van der Waals surface area contributed by atoms with E-state index < -0.39 is 0 Å². The first kappa shape index (κ1) is 18.0. The zero-order chi connectivity index (χ0) is 16.9. The van der Waals surface area contributed by atoms with Gasteiger partial charge in [0.1, 0.15) is 0 Å². The Bertz CT molecular complexity index is 487. The average molecular weight is 317 g/mol. The summed E-state index contributed by atoms with van der Waals surface area (Å²) in [7, 11) is 0. The van der Waals surface area contributed by atoms with Crippen molar-refractivity contribution in [3.8, 4) is 0 Å². The van der Waals surface area contributed by atoms with Crippen molar-refractivity contribution in [2.45, 2.75) is 33.7 Å². The lowest BCUT2D eigenvalue weighted by atomic mass is 9.95. The zero-order valence-electron chi connectivity index (χ0n) is 15.0. The number of amides is 1. The van der Waals surface area contributed by atoms with Crippen LogP contribution in [-0.2, 0) is 4.79 Å². The number of benzene rings is 1. The van der Waals surface area contributed by atoms with Gasteiger partial charge in [0.2, 0.25) is 5.91 Å². The van der Waals surface area contributed by atoms with Crippen LogP contribution in [0.4, 0.5) is 0 Å². The highest BCUT2D eigenvalue weighted by molar-refractivity contribution is 5.81. The van der Waals surface area contributed by atoms with E-state index in [4.69, 9.17) is 0 Å². The van der Waals surface area contributed by atoms with E-state index in [9.17, 15) is 4.79 Å². The average Bonchev–Trinajstić information content (AvgIpc) is 2.55. The summed E-state index contributed by atoms with van der Waals surface area (Å²) in [6.07, 6.45) is 0. The minimum atomic E-state index is -0.345. The van der Waals surface area contributed by atoms with Crippen LogP contribution in [0.15, 0.2) is 30.3 Å². The molecule has 1 fully saturated rings. The number of rotatable bonds is 5. The van der Waals surface area contributed by atoms with Crippen LogP contribution in [0.2, 0.25) is 0 Å². The molecule has 0 aromatic heterocycles. The minimum Gasteiger partial charge on any atom is -0.354 e. The molecule has 0 bridgehead atoms. The van der Waals surface area contributed by atoms with Crippen molar-refractivity contribution in [1.82, 2.24) is 15.1 Å². The first-order valence-corrected chi connectivity index (χ1v) is 8.71. The van der Waals surface area contributed by atoms with Crippen LogP contribution in [0.25, 0.3) is 0 Å². The van der Waals surface area contributed by atoms with E-state index in [0.717, 1.165) is 32.7 Å². The molecule has 1 atom stereocenters. The van der Waals surface area contributed by atoms with Crippen molar-refractivity contribution in [2.24, 2.45) is 5.41 Å². The summed E-state index contributed by atoms with van der Waals surface area (Å²) in [6, 6.07) is 10.8. The van der Waals surface area contributed by atoms with E-state index in [1.54, 1.807) is 0 Å². The number of hydrogen-bond donors (Lipinski definition) is 1. The molecule has 1 heterocycles. The lowest BCUT2D eigenvalue weighted by Gasteiger charge is -2.39. The number of nitrogens with one attached hydrogen (secondary N) is 1. The topological polar surface area (TPSA) is 35.6 Å². The Morgan fingerprint density at radius 2 is 1.74 bits per heavy atom. The molecular formula is C19H31N3O. The van der Waals surface area contributed by atoms with E-state index in [2.05, 4.69) is 46.3 Å². The molecule has 4 nitrogen and oxygen atoms in total. The number of hydrogen-bond acceptors (Lipinski definition) is 3. The zero-order valence-corrected chi connectivity index (χ0v) is 15.0. The molecule has 128 valence electrons. The van der Waals surface area contributed by atoms with E-state index in [1.807, 2.05) is 26.8 Å². The van der Waals surface area contributed by atoms with Crippen molar-refractivity contribution in [3.63, 3.8) is 0 Å². The van der Waals surface area contributed by atoms with Crippen LogP contribution in [0.1, 0.15) is 39.3 Å². The second kappa shape index (κ2) is 7.93. The maximum Gasteiger partial charge on any atom is 0.225 e. The number of piperazine rings is 1. The molecule has 1 aliphatic heterocycles. The molecular weight excluding hydrogens is 286 g/mol. The summed E-state index contributed by atoms with van der Waals surface area (Å²) >= 11 is 0. The molecule has 23 heavy (non-hydrogen) atoms. The molecule has 0 radical (unpaired) electrons. The summed E-state index contributed by atoms with van der Waals surface area (Å²) in [4.78, 5) is 17.2. The minimum absolute atomic E-state index is 0.116. The predicted molar refractivity (Wildman–Crippen MR) is 95.3 cm³/mol. The number of carbonyl (C=O) groups excluding carboxylic acids is 1. The third-order valence-corrected chi connectivity index (χ3v) is 4.62. The highest BCUT2D eigenvalue weighted by Crippen LogP contribution is 2.22. The summed E-state index contributed by atoms with van der Waals surface area (Å²) in [6.45, 7) is 14.2. The predicted octanol–water partition coefficient (Wildman–Crippen LogP) is 2.53. The van der Waals surface area contributed by atoms with Gasteiger partial charge in [-0.3, -0.25) is 9.69 Å². The van der Waals surface area contributed by atoms with Crippen LogP contribution in [0.3, 0.4) is 0 Å². The summed E-state index contributed by atoms with van der Waals surface area (Å²) < 4.78 is 0. The molecule has 1 amide bonds. The fourth-order valence-corrected chi connectivity index (χ4v) is 2.98. The lowest BCUT2D eigenvalue weighted by molar-refractivity contribution is -0.128. The Kier molecular flexibility index (Phi) is 6.19. The van der Waals surface area contributed by atoms with Gasteiger partial charge in [0, 0.05) is 38.1 Å². The SMILES string of the molecule is CCN1CCN(C(CNC(=O)C(C)(C)C)c2ccccc2)CC1. The maximum absolute atomic E-state index is 12.2. The molecule has 1 saturated heterocycles. The van der Waals surface area contributed by atoms with Crippen molar-refractivity contribution >= 4 is 5.91 Å². The van der Waals surface area contributed by atoms with Gasteiger partial charge in [-0.15, -0.1) is 0 Å². The number of nitrogens with zero attached hydrogens (tertiary/aromatic N) is 2. The fraction of sp³-hybridized carbons (Fsp3) is 0.632. The van der Waals surface area contributed by atoms with Gasteiger partial charge < -0.3 is 10.2 Å². The first-order chi connectivity index (χ1) is 10.9. The highest BCUT2D eigenvalue weighted by Gasteiger charge is 2.27. The second-order valence-electron chi connectivity index (χ2n) is 7.36.